The normalized spacial score (nSPS) is 21.5. The molecule has 2 fully saturated rings. The summed E-state index contributed by atoms with van der Waals surface area (Å²) in [6.07, 6.45) is 3.15. The van der Waals surface area contributed by atoms with Crippen LogP contribution in [0, 0.1) is 17.7 Å². The van der Waals surface area contributed by atoms with Crippen molar-refractivity contribution in [3.8, 4) is 0 Å². The maximum atomic E-state index is 13.0. The summed E-state index contributed by atoms with van der Waals surface area (Å²) in [5.41, 5.74) is 1.14. The molecule has 3 rings (SSSR count). The third kappa shape index (κ3) is 4.61. The number of rotatable bonds is 6. The third-order valence-electron chi connectivity index (χ3n) is 5.49. The van der Waals surface area contributed by atoms with Gasteiger partial charge in [-0.05, 0) is 42.9 Å². The first-order valence-electron chi connectivity index (χ1n) is 9.36. The molecule has 2 aliphatic heterocycles. The highest BCUT2D eigenvalue weighted by Crippen LogP contribution is 2.26. The Labute approximate surface area is 154 Å². The summed E-state index contributed by atoms with van der Waals surface area (Å²) in [6.45, 7) is 3.05. The van der Waals surface area contributed by atoms with Crippen molar-refractivity contribution in [2.45, 2.75) is 25.7 Å². The molecule has 6 heteroatoms. The average Bonchev–Trinajstić information content (AvgIpc) is 3.02. The highest BCUT2D eigenvalue weighted by Gasteiger charge is 2.37. The highest BCUT2D eigenvalue weighted by atomic mass is 19.1. The maximum absolute atomic E-state index is 13.0. The molecule has 0 bridgehead atoms. The number of methoxy groups -OCH3 is 1. The van der Waals surface area contributed by atoms with Crippen molar-refractivity contribution in [2.24, 2.45) is 11.8 Å². The molecule has 0 aliphatic carbocycles. The van der Waals surface area contributed by atoms with E-state index in [9.17, 15) is 14.0 Å². The number of likely N-dealkylation sites (tertiary alicyclic amines) is 2. The largest absolute Gasteiger partial charge is 0.383 e. The molecule has 2 saturated heterocycles. The molecule has 0 N–H and O–H groups in total. The fourth-order valence-corrected chi connectivity index (χ4v) is 3.92. The van der Waals surface area contributed by atoms with Crippen LogP contribution < -0.4 is 0 Å². The standard InChI is InChI=1S/C20H27FN2O3/c1-26-11-10-23-14-17(13-19(23)24)20(25)22-8-6-16(7-9-22)12-15-2-4-18(21)5-3-15/h2-5,16-17H,6-14H2,1H3/t17-/m1/s1. The number of carbonyl (C=O) groups excluding carboxylic acids is 2. The molecule has 1 aromatic rings. The van der Waals surface area contributed by atoms with Crippen molar-refractivity contribution in [3.63, 3.8) is 0 Å². The van der Waals surface area contributed by atoms with Crippen molar-refractivity contribution in [2.75, 3.05) is 39.9 Å². The number of amides is 2. The zero-order chi connectivity index (χ0) is 18.5. The van der Waals surface area contributed by atoms with Gasteiger partial charge in [-0.1, -0.05) is 12.1 Å². The number of piperidine rings is 1. The topological polar surface area (TPSA) is 49.9 Å². The Morgan fingerprint density at radius 3 is 2.58 bits per heavy atom. The smallest absolute Gasteiger partial charge is 0.227 e. The van der Waals surface area contributed by atoms with E-state index >= 15 is 0 Å². The highest BCUT2D eigenvalue weighted by molar-refractivity contribution is 5.89. The van der Waals surface area contributed by atoms with Crippen LogP contribution in [-0.4, -0.2) is 61.5 Å². The quantitative estimate of drug-likeness (QED) is 0.779. The van der Waals surface area contributed by atoms with Crippen LogP contribution in [-0.2, 0) is 20.7 Å². The van der Waals surface area contributed by atoms with Crippen LogP contribution in [0.2, 0.25) is 0 Å². The number of halogens is 1. The van der Waals surface area contributed by atoms with Gasteiger partial charge in [0.1, 0.15) is 5.82 Å². The second-order valence-electron chi connectivity index (χ2n) is 7.33. The molecule has 0 radical (unpaired) electrons. The van der Waals surface area contributed by atoms with Gasteiger partial charge in [0.15, 0.2) is 0 Å². The Bertz CT molecular complexity index is 626. The summed E-state index contributed by atoms with van der Waals surface area (Å²) in [6, 6.07) is 6.68. The van der Waals surface area contributed by atoms with Gasteiger partial charge in [-0.25, -0.2) is 4.39 Å². The Balaban J connectivity index is 1.46. The lowest BCUT2D eigenvalue weighted by molar-refractivity contribution is -0.137. The monoisotopic (exact) mass is 362 g/mol. The first-order chi connectivity index (χ1) is 12.6. The van der Waals surface area contributed by atoms with Crippen molar-refractivity contribution in [1.29, 1.82) is 0 Å². The van der Waals surface area contributed by atoms with E-state index in [0.29, 0.717) is 32.0 Å². The van der Waals surface area contributed by atoms with Crippen LogP contribution in [0.15, 0.2) is 24.3 Å². The number of ether oxygens (including phenoxy) is 1. The number of hydrogen-bond acceptors (Lipinski definition) is 3. The number of carbonyl (C=O) groups is 2. The van der Waals surface area contributed by atoms with E-state index in [4.69, 9.17) is 4.74 Å². The van der Waals surface area contributed by atoms with Gasteiger partial charge in [-0.3, -0.25) is 9.59 Å². The SMILES string of the molecule is COCCN1C[C@H](C(=O)N2CCC(Cc3ccc(F)cc3)CC2)CC1=O. The molecule has 1 aromatic carbocycles. The second kappa shape index (κ2) is 8.62. The molecule has 5 nitrogen and oxygen atoms in total. The lowest BCUT2D eigenvalue weighted by atomic mass is 9.89. The van der Waals surface area contributed by atoms with E-state index in [-0.39, 0.29) is 23.5 Å². The summed E-state index contributed by atoms with van der Waals surface area (Å²) in [4.78, 5) is 28.4. The van der Waals surface area contributed by atoms with Gasteiger partial charge in [0.2, 0.25) is 11.8 Å². The molecule has 0 unspecified atom stereocenters. The van der Waals surface area contributed by atoms with Crippen LogP contribution in [0.3, 0.4) is 0 Å². The molecule has 0 saturated carbocycles. The van der Waals surface area contributed by atoms with E-state index in [0.717, 1.165) is 37.9 Å². The lowest BCUT2D eigenvalue weighted by Gasteiger charge is -2.33. The molecule has 1 atom stereocenters. The molecule has 26 heavy (non-hydrogen) atoms. The minimum absolute atomic E-state index is 0.0478. The van der Waals surface area contributed by atoms with E-state index in [2.05, 4.69) is 0 Å². The molecule has 0 spiro atoms. The Kier molecular flexibility index (Phi) is 6.25. The molecule has 142 valence electrons. The summed E-state index contributed by atoms with van der Waals surface area (Å²) in [7, 11) is 1.61. The van der Waals surface area contributed by atoms with Gasteiger partial charge in [0, 0.05) is 39.7 Å². The third-order valence-corrected chi connectivity index (χ3v) is 5.49. The van der Waals surface area contributed by atoms with Gasteiger partial charge in [-0.2, -0.15) is 0 Å². The molecule has 2 amide bonds. The van der Waals surface area contributed by atoms with Gasteiger partial charge in [0.25, 0.3) is 0 Å². The van der Waals surface area contributed by atoms with Crippen LogP contribution in [0.4, 0.5) is 4.39 Å². The molecule has 2 aliphatic rings. The predicted molar refractivity (Wildman–Crippen MR) is 96.0 cm³/mol. The predicted octanol–water partition coefficient (Wildman–Crippen LogP) is 2.10. The second-order valence-corrected chi connectivity index (χ2v) is 7.33. The zero-order valence-electron chi connectivity index (χ0n) is 15.3. The molecule has 2 heterocycles. The van der Waals surface area contributed by atoms with Crippen molar-refractivity contribution < 1.29 is 18.7 Å². The Hall–Kier alpha value is -1.95. The van der Waals surface area contributed by atoms with E-state index in [1.54, 1.807) is 12.0 Å². The minimum Gasteiger partial charge on any atom is -0.383 e. The minimum atomic E-state index is -0.215. The van der Waals surface area contributed by atoms with Crippen LogP contribution in [0.25, 0.3) is 0 Å². The Morgan fingerprint density at radius 2 is 1.92 bits per heavy atom. The zero-order valence-corrected chi connectivity index (χ0v) is 15.3. The molecular weight excluding hydrogens is 335 g/mol. The summed E-state index contributed by atoms with van der Waals surface area (Å²) in [5.74, 6) is 0.255. The lowest BCUT2D eigenvalue weighted by Crippen LogP contribution is -2.43. The number of nitrogens with zero attached hydrogens (tertiary/aromatic N) is 2. The number of benzene rings is 1. The van der Waals surface area contributed by atoms with Gasteiger partial charge in [-0.15, -0.1) is 0 Å². The van der Waals surface area contributed by atoms with E-state index in [1.807, 2.05) is 17.0 Å². The van der Waals surface area contributed by atoms with Crippen molar-refractivity contribution in [1.82, 2.24) is 9.80 Å². The van der Waals surface area contributed by atoms with E-state index < -0.39 is 0 Å². The average molecular weight is 362 g/mol. The molecule has 0 aromatic heterocycles. The summed E-state index contributed by atoms with van der Waals surface area (Å²) >= 11 is 0. The first-order valence-corrected chi connectivity index (χ1v) is 9.36. The summed E-state index contributed by atoms with van der Waals surface area (Å²) in [5, 5.41) is 0. The van der Waals surface area contributed by atoms with E-state index in [1.165, 1.54) is 12.1 Å². The van der Waals surface area contributed by atoms with Gasteiger partial charge in [0.05, 0.1) is 12.5 Å². The van der Waals surface area contributed by atoms with Crippen molar-refractivity contribution >= 4 is 11.8 Å². The fourth-order valence-electron chi connectivity index (χ4n) is 3.92. The Morgan fingerprint density at radius 1 is 1.23 bits per heavy atom. The molecular formula is C20H27FN2O3. The van der Waals surface area contributed by atoms with Gasteiger partial charge < -0.3 is 14.5 Å². The number of hydrogen-bond donors (Lipinski definition) is 0. The van der Waals surface area contributed by atoms with Gasteiger partial charge >= 0.3 is 0 Å². The van der Waals surface area contributed by atoms with Crippen molar-refractivity contribution in [3.05, 3.63) is 35.6 Å². The van der Waals surface area contributed by atoms with Crippen LogP contribution in [0.5, 0.6) is 0 Å². The first kappa shape index (κ1) is 18.8. The maximum Gasteiger partial charge on any atom is 0.227 e. The van der Waals surface area contributed by atoms with Crippen LogP contribution >= 0.6 is 0 Å². The van der Waals surface area contributed by atoms with Crippen LogP contribution in [0.1, 0.15) is 24.8 Å². The summed E-state index contributed by atoms with van der Waals surface area (Å²) < 4.78 is 18.0. The fraction of sp³-hybridized carbons (Fsp3) is 0.600.